The Bertz CT molecular complexity index is 411. The lowest BCUT2D eigenvalue weighted by atomic mass is 9.48. The number of allylic oxidation sites excluding steroid dienone is 2. The van der Waals surface area contributed by atoms with E-state index in [0.29, 0.717) is 5.41 Å². The maximum absolute atomic E-state index is 2.51. The average Bonchev–Trinajstić information content (AvgIpc) is 2.30. The zero-order valence-electron chi connectivity index (χ0n) is 10.2. The molecular formula is C16H20. The second-order valence-electron chi connectivity index (χ2n) is 5.98. The molecule has 0 amide bonds. The Morgan fingerprint density at radius 1 is 1.19 bits per heavy atom. The van der Waals surface area contributed by atoms with Gasteiger partial charge in [-0.2, -0.15) is 0 Å². The molecule has 84 valence electrons. The third-order valence-electron chi connectivity index (χ3n) is 4.83. The van der Waals surface area contributed by atoms with E-state index in [2.05, 4.69) is 50.3 Å². The van der Waals surface area contributed by atoms with E-state index in [4.69, 9.17) is 0 Å². The number of hydrogen-bond acceptors (Lipinski definition) is 0. The number of fused-ring (bicyclic) bond motifs is 1. The first kappa shape index (κ1) is 10.1. The van der Waals surface area contributed by atoms with Gasteiger partial charge in [0.05, 0.1) is 0 Å². The maximum Gasteiger partial charge on any atom is -0.00641 e. The van der Waals surface area contributed by atoms with Crippen LogP contribution < -0.4 is 0 Å². The van der Waals surface area contributed by atoms with Crippen LogP contribution in [0.2, 0.25) is 0 Å². The molecule has 0 spiro atoms. The van der Waals surface area contributed by atoms with Crippen LogP contribution in [0.5, 0.6) is 0 Å². The summed E-state index contributed by atoms with van der Waals surface area (Å²) in [5.74, 6) is 1.81. The predicted octanol–water partition coefficient (Wildman–Crippen LogP) is 4.22. The molecule has 0 aromatic heterocycles. The van der Waals surface area contributed by atoms with Gasteiger partial charge >= 0.3 is 0 Å². The van der Waals surface area contributed by atoms with Gasteiger partial charge in [0.15, 0.2) is 0 Å². The molecule has 0 nitrogen and oxygen atoms in total. The van der Waals surface area contributed by atoms with Crippen molar-refractivity contribution in [1.82, 2.24) is 0 Å². The van der Waals surface area contributed by atoms with Crippen molar-refractivity contribution in [2.24, 2.45) is 17.3 Å². The SMILES string of the molecule is CC1(C)[C@H]2CC=C(Cc3ccccc3)[C@@H]1C2. The fraction of sp³-hybridized carbons (Fsp3) is 0.500. The van der Waals surface area contributed by atoms with Gasteiger partial charge < -0.3 is 0 Å². The molecule has 1 aromatic rings. The summed E-state index contributed by atoms with van der Waals surface area (Å²) in [4.78, 5) is 0. The van der Waals surface area contributed by atoms with E-state index in [1.165, 1.54) is 24.8 Å². The standard InChI is InChI=1S/C16H20/c1-16(2)14-9-8-13(15(16)11-14)10-12-6-4-3-5-7-12/h3-8,14-15H,9-11H2,1-2H3/t14-,15-/m0/s1. The van der Waals surface area contributed by atoms with Crippen LogP contribution in [0.1, 0.15) is 32.3 Å². The molecular weight excluding hydrogens is 192 g/mol. The minimum Gasteiger partial charge on any atom is -0.0844 e. The van der Waals surface area contributed by atoms with Crippen LogP contribution in [0.4, 0.5) is 0 Å². The summed E-state index contributed by atoms with van der Waals surface area (Å²) < 4.78 is 0. The Morgan fingerprint density at radius 2 is 1.94 bits per heavy atom. The highest BCUT2D eigenvalue weighted by Crippen LogP contribution is 2.59. The molecule has 4 rings (SSSR count). The average molecular weight is 212 g/mol. The Hall–Kier alpha value is -1.04. The summed E-state index contributed by atoms with van der Waals surface area (Å²) in [6, 6.07) is 10.9. The van der Waals surface area contributed by atoms with E-state index in [1.54, 1.807) is 5.57 Å². The normalized spacial score (nSPS) is 30.5. The highest BCUT2D eigenvalue weighted by atomic mass is 14.5. The summed E-state index contributed by atoms with van der Waals surface area (Å²) in [7, 11) is 0. The Morgan fingerprint density at radius 3 is 2.56 bits per heavy atom. The molecule has 0 aliphatic heterocycles. The first-order valence-corrected chi connectivity index (χ1v) is 6.41. The zero-order chi connectivity index (χ0) is 11.2. The summed E-state index contributed by atoms with van der Waals surface area (Å²) in [5.41, 5.74) is 3.73. The van der Waals surface area contributed by atoms with Gasteiger partial charge in [-0.15, -0.1) is 0 Å². The van der Waals surface area contributed by atoms with Gasteiger partial charge in [-0.05, 0) is 42.1 Å². The second-order valence-corrected chi connectivity index (χ2v) is 5.98. The molecule has 0 N–H and O–H groups in total. The van der Waals surface area contributed by atoms with Crippen LogP contribution in [0.15, 0.2) is 42.0 Å². The Kier molecular flexibility index (Phi) is 2.20. The van der Waals surface area contributed by atoms with Crippen molar-refractivity contribution in [2.45, 2.75) is 33.1 Å². The largest absolute Gasteiger partial charge is 0.0844 e. The van der Waals surface area contributed by atoms with E-state index in [9.17, 15) is 0 Å². The van der Waals surface area contributed by atoms with Gasteiger partial charge in [-0.3, -0.25) is 0 Å². The van der Waals surface area contributed by atoms with Gasteiger partial charge in [-0.1, -0.05) is 55.8 Å². The fourth-order valence-electron chi connectivity index (χ4n) is 3.51. The number of benzene rings is 1. The van der Waals surface area contributed by atoms with Crippen molar-refractivity contribution in [3.8, 4) is 0 Å². The smallest absolute Gasteiger partial charge is 0.00641 e. The van der Waals surface area contributed by atoms with Crippen LogP contribution in [0, 0.1) is 17.3 Å². The third-order valence-corrected chi connectivity index (χ3v) is 4.83. The lowest BCUT2D eigenvalue weighted by Gasteiger charge is -2.56. The number of rotatable bonds is 2. The van der Waals surface area contributed by atoms with Crippen LogP contribution in [0.25, 0.3) is 0 Å². The molecule has 1 aromatic carbocycles. The lowest BCUT2D eigenvalue weighted by Crippen LogP contribution is -2.48. The Labute approximate surface area is 98.4 Å². The van der Waals surface area contributed by atoms with Crippen molar-refractivity contribution >= 4 is 0 Å². The van der Waals surface area contributed by atoms with Crippen molar-refractivity contribution in [2.75, 3.05) is 0 Å². The third kappa shape index (κ3) is 1.43. The van der Waals surface area contributed by atoms with Crippen LogP contribution in [0.3, 0.4) is 0 Å². The van der Waals surface area contributed by atoms with E-state index in [-0.39, 0.29) is 0 Å². The molecule has 1 fully saturated rings. The highest BCUT2D eigenvalue weighted by molar-refractivity contribution is 5.29. The van der Waals surface area contributed by atoms with Crippen molar-refractivity contribution in [3.63, 3.8) is 0 Å². The molecule has 0 heterocycles. The van der Waals surface area contributed by atoms with Gasteiger partial charge in [0.2, 0.25) is 0 Å². The quantitative estimate of drug-likeness (QED) is 0.644. The predicted molar refractivity (Wildman–Crippen MR) is 68.2 cm³/mol. The van der Waals surface area contributed by atoms with E-state index in [1.807, 2.05) is 0 Å². The van der Waals surface area contributed by atoms with Crippen molar-refractivity contribution < 1.29 is 0 Å². The molecule has 2 bridgehead atoms. The minimum absolute atomic E-state index is 0.568. The molecule has 2 atom stereocenters. The van der Waals surface area contributed by atoms with E-state index in [0.717, 1.165) is 11.8 Å². The van der Waals surface area contributed by atoms with Gasteiger partial charge in [-0.25, -0.2) is 0 Å². The monoisotopic (exact) mass is 212 g/mol. The molecule has 0 saturated heterocycles. The van der Waals surface area contributed by atoms with Crippen LogP contribution >= 0.6 is 0 Å². The van der Waals surface area contributed by atoms with Gasteiger partial charge in [0, 0.05) is 0 Å². The number of hydrogen-bond donors (Lipinski definition) is 0. The van der Waals surface area contributed by atoms with Crippen molar-refractivity contribution in [1.29, 1.82) is 0 Å². The Balaban J connectivity index is 1.80. The summed E-state index contributed by atoms with van der Waals surface area (Å²) in [5, 5.41) is 0. The van der Waals surface area contributed by atoms with Crippen LogP contribution in [-0.4, -0.2) is 0 Å². The summed E-state index contributed by atoms with van der Waals surface area (Å²) >= 11 is 0. The fourth-order valence-corrected chi connectivity index (χ4v) is 3.51. The minimum atomic E-state index is 0.568. The molecule has 0 unspecified atom stereocenters. The first-order valence-electron chi connectivity index (χ1n) is 6.41. The van der Waals surface area contributed by atoms with Gasteiger partial charge in [0.25, 0.3) is 0 Å². The topological polar surface area (TPSA) is 0 Å². The molecule has 3 aliphatic carbocycles. The van der Waals surface area contributed by atoms with E-state index >= 15 is 0 Å². The lowest BCUT2D eigenvalue weighted by molar-refractivity contribution is -0.00742. The molecule has 3 aliphatic rings. The first-order chi connectivity index (χ1) is 7.68. The molecule has 1 saturated carbocycles. The molecule has 0 radical (unpaired) electrons. The van der Waals surface area contributed by atoms with Gasteiger partial charge in [0.1, 0.15) is 0 Å². The zero-order valence-corrected chi connectivity index (χ0v) is 10.2. The summed E-state index contributed by atoms with van der Waals surface area (Å²) in [6.45, 7) is 4.90. The van der Waals surface area contributed by atoms with Crippen molar-refractivity contribution in [3.05, 3.63) is 47.5 Å². The second kappa shape index (κ2) is 3.48. The van der Waals surface area contributed by atoms with Crippen LogP contribution in [-0.2, 0) is 6.42 Å². The molecule has 0 heteroatoms. The highest BCUT2D eigenvalue weighted by Gasteiger charge is 2.50. The summed E-state index contributed by atoms with van der Waals surface area (Å²) in [6.07, 6.45) is 6.43. The molecule has 16 heavy (non-hydrogen) atoms. The van der Waals surface area contributed by atoms with E-state index < -0.39 is 0 Å². The maximum atomic E-state index is 2.51.